The standard InChI is InChI=1S/C16H25BO3S/c1-12-13(10-21(6,18)19)8-7-9-14(12)17-11-15(2,3)16(4,5)20-17/h7-9H,10-11H2,1-6H3. The first-order chi connectivity index (χ1) is 9.43. The Hall–Kier alpha value is -0.805. The molecule has 0 radical (unpaired) electrons. The van der Waals surface area contributed by atoms with Gasteiger partial charge in [0.05, 0.1) is 11.4 Å². The van der Waals surface area contributed by atoms with Crippen LogP contribution in [0.3, 0.4) is 0 Å². The van der Waals surface area contributed by atoms with Gasteiger partial charge in [0.15, 0.2) is 9.84 Å². The molecule has 0 aliphatic carbocycles. The van der Waals surface area contributed by atoms with Crippen LogP contribution in [0.5, 0.6) is 0 Å². The Balaban J connectivity index is 2.37. The fourth-order valence-electron chi connectivity index (χ4n) is 2.93. The first-order valence-corrected chi connectivity index (χ1v) is 9.43. The lowest BCUT2D eigenvalue weighted by atomic mass is 9.53. The van der Waals surface area contributed by atoms with Gasteiger partial charge in [-0.1, -0.05) is 32.0 Å². The third kappa shape index (κ3) is 3.34. The summed E-state index contributed by atoms with van der Waals surface area (Å²) in [5.41, 5.74) is 2.95. The van der Waals surface area contributed by atoms with Crippen molar-refractivity contribution in [3.63, 3.8) is 0 Å². The molecule has 116 valence electrons. The van der Waals surface area contributed by atoms with Crippen molar-refractivity contribution < 1.29 is 13.1 Å². The molecule has 5 heteroatoms. The van der Waals surface area contributed by atoms with E-state index in [0.29, 0.717) is 0 Å². The Morgan fingerprint density at radius 2 is 1.86 bits per heavy atom. The van der Waals surface area contributed by atoms with Crippen LogP contribution in [0.1, 0.15) is 38.8 Å². The predicted molar refractivity (Wildman–Crippen MR) is 88.9 cm³/mol. The van der Waals surface area contributed by atoms with Crippen LogP contribution in [0.2, 0.25) is 6.32 Å². The molecule has 3 nitrogen and oxygen atoms in total. The van der Waals surface area contributed by atoms with Crippen molar-refractivity contribution in [2.75, 3.05) is 6.26 Å². The minimum Gasteiger partial charge on any atom is -0.426 e. The highest BCUT2D eigenvalue weighted by Gasteiger charge is 2.50. The van der Waals surface area contributed by atoms with Crippen molar-refractivity contribution in [1.82, 2.24) is 0 Å². The molecule has 0 unspecified atom stereocenters. The molecule has 2 rings (SSSR count). The summed E-state index contributed by atoms with van der Waals surface area (Å²) in [5, 5.41) is 0. The normalized spacial score (nSPS) is 20.8. The zero-order chi connectivity index (χ0) is 16.1. The van der Waals surface area contributed by atoms with E-state index in [1.54, 1.807) is 0 Å². The molecule has 0 aromatic heterocycles. The number of sulfone groups is 1. The first-order valence-electron chi connectivity index (χ1n) is 7.37. The molecule has 0 bridgehead atoms. The van der Waals surface area contributed by atoms with Crippen molar-refractivity contribution in [2.45, 2.75) is 52.3 Å². The second kappa shape index (κ2) is 5.13. The average Bonchev–Trinajstić information content (AvgIpc) is 2.49. The third-order valence-corrected chi connectivity index (χ3v) is 5.85. The van der Waals surface area contributed by atoms with Crippen LogP contribution in [0.25, 0.3) is 0 Å². The van der Waals surface area contributed by atoms with Gasteiger partial charge in [-0.15, -0.1) is 0 Å². The molecule has 21 heavy (non-hydrogen) atoms. The Morgan fingerprint density at radius 1 is 1.24 bits per heavy atom. The molecule has 1 aromatic rings. The van der Waals surface area contributed by atoms with Gasteiger partial charge in [0.1, 0.15) is 0 Å². The van der Waals surface area contributed by atoms with Gasteiger partial charge in [-0.25, -0.2) is 8.42 Å². The van der Waals surface area contributed by atoms with E-state index >= 15 is 0 Å². The van der Waals surface area contributed by atoms with Crippen molar-refractivity contribution in [1.29, 1.82) is 0 Å². The van der Waals surface area contributed by atoms with E-state index in [9.17, 15) is 8.42 Å². The minimum absolute atomic E-state index is 0.0366. The van der Waals surface area contributed by atoms with Gasteiger partial charge in [-0.05, 0) is 49.1 Å². The highest BCUT2D eigenvalue weighted by molar-refractivity contribution is 7.89. The molecule has 0 spiro atoms. The lowest BCUT2D eigenvalue weighted by molar-refractivity contribution is 0.0375. The maximum atomic E-state index is 11.6. The summed E-state index contributed by atoms with van der Waals surface area (Å²) in [7, 11) is -3.03. The van der Waals surface area contributed by atoms with Crippen LogP contribution in [0.4, 0.5) is 0 Å². The Bertz CT molecular complexity index is 631. The zero-order valence-corrected chi connectivity index (χ0v) is 14.7. The van der Waals surface area contributed by atoms with E-state index < -0.39 is 9.84 Å². The Labute approximate surface area is 129 Å². The summed E-state index contributed by atoms with van der Waals surface area (Å²) in [6, 6.07) is 5.89. The van der Waals surface area contributed by atoms with Crippen LogP contribution < -0.4 is 5.46 Å². The monoisotopic (exact) mass is 308 g/mol. The van der Waals surface area contributed by atoms with Crippen LogP contribution in [0, 0.1) is 12.3 Å². The van der Waals surface area contributed by atoms with E-state index in [2.05, 4.69) is 33.8 Å². The SMILES string of the molecule is Cc1c(CS(C)(=O)=O)cccc1B1CC(C)(C)C(C)(C)O1. The van der Waals surface area contributed by atoms with E-state index in [-0.39, 0.29) is 23.7 Å². The van der Waals surface area contributed by atoms with Gasteiger partial charge in [0.2, 0.25) is 0 Å². The maximum Gasteiger partial charge on any atom is 0.328 e. The molecule has 0 atom stereocenters. The minimum atomic E-state index is -3.03. The van der Waals surface area contributed by atoms with Gasteiger partial charge >= 0.3 is 6.92 Å². The summed E-state index contributed by atoms with van der Waals surface area (Å²) in [4.78, 5) is 0. The molecule has 1 fully saturated rings. The lowest BCUT2D eigenvalue weighted by Gasteiger charge is -2.34. The zero-order valence-electron chi connectivity index (χ0n) is 13.9. The molecular formula is C16H25BO3S. The molecule has 1 aromatic carbocycles. The summed E-state index contributed by atoms with van der Waals surface area (Å²) < 4.78 is 29.4. The highest BCUT2D eigenvalue weighted by atomic mass is 32.2. The summed E-state index contributed by atoms with van der Waals surface area (Å²) in [6.07, 6.45) is 2.22. The van der Waals surface area contributed by atoms with Crippen LogP contribution >= 0.6 is 0 Å². The number of hydrogen-bond acceptors (Lipinski definition) is 3. The lowest BCUT2D eigenvalue weighted by Crippen LogP contribution is -2.37. The van der Waals surface area contributed by atoms with Gasteiger partial charge in [0.25, 0.3) is 0 Å². The summed E-state index contributed by atoms with van der Waals surface area (Å²) in [6.45, 7) is 10.7. The largest absolute Gasteiger partial charge is 0.426 e. The van der Waals surface area contributed by atoms with Crippen LogP contribution in [0.15, 0.2) is 18.2 Å². The molecule has 1 aliphatic rings. The summed E-state index contributed by atoms with van der Waals surface area (Å²) in [5.74, 6) is 0.0895. The van der Waals surface area contributed by atoms with Gasteiger partial charge in [-0.3, -0.25) is 0 Å². The molecule has 1 aliphatic heterocycles. The van der Waals surface area contributed by atoms with Crippen LogP contribution in [-0.2, 0) is 20.2 Å². The second-order valence-corrected chi connectivity index (χ2v) is 9.55. The molecule has 1 heterocycles. The van der Waals surface area contributed by atoms with Gasteiger partial charge in [0, 0.05) is 6.26 Å². The van der Waals surface area contributed by atoms with E-state index in [1.807, 2.05) is 19.1 Å². The van der Waals surface area contributed by atoms with E-state index in [4.69, 9.17) is 4.65 Å². The number of hydrogen-bond donors (Lipinski definition) is 0. The molecular weight excluding hydrogens is 283 g/mol. The summed E-state index contributed by atoms with van der Waals surface area (Å²) >= 11 is 0. The quantitative estimate of drug-likeness (QED) is 0.806. The van der Waals surface area contributed by atoms with Gasteiger partial charge in [-0.2, -0.15) is 0 Å². The van der Waals surface area contributed by atoms with Crippen molar-refractivity contribution in [3.05, 3.63) is 29.3 Å². The van der Waals surface area contributed by atoms with Crippen molar-refractivity contribution in [2.24, 2.45) is 5.41 Å². The first kappa shape index (κ1) is 16.6. The highest BCUT2D eigenvalue weighted by Crippen LogP contribution is 2.45. The Morgan fingerprint density at radius 3 is 2.33 bits per heavy atom. The number of benzene rings is 1. The molecule has 1 saturated heterocycles. The molecule has 0 N–H and O–H groups in total. The fourth-order valence-corrected chi connectivity index (χ4v) is 3.81. The third-order valence-electron chi connectivity index (χ3n) is 5.01. The topological polar surface area (TPSA) is 43.4 Å². The molecule has 0 saturated carbocycles. The smallest absolute Gasteiger partial charge is 0.328 e. The average molecular weight is 308 g/mol. The van der Waals surface area contributed by atoms with Gasteiger partial charge < -0.3 is 4.65 Å². The van der Waals surface area contributed by atoms with E-state index in [0.717, 1.165) is 22.9 Å². The van der Waals surface area contributed by atoms with E-state index in [1.165, 1.54) is 6.26 Å². The second-order valence-electron chi connectivity index (χ2n) is 7.41. The van der Waals surface area contributed by atoms with Crippen LogP contribution in [-0.4, -0.2) is 27.2 Å². The fraction of sp³-hybridized carbons (Fsp3) is 0.625. The Kier molecular flexibility index (Phi) is 4.05. The van der Waals surface area contributed by atoms with Crippen molar-refractivity contribution in [3.8, 4) is 0 Å². The predicted octanol–water partition coefficient (Wildman–Crippen LogP) is 2.57. The maximum absolute atomic E-state index is 11.6. The van der Waals surface area contributed by atoms with Crippen molar-refractivity contribution >= 4 is 22.2 Å². The number of rotatable bonds is 3. The molecule has 0 amide bonds.